The molecule has 1 atom stereocenters. The molecule has 1 amide bonds. The van der Waals surface area contributed by atoms with E-state index in [0.29, 0.717) is 0 Å². The van der Waals surface area contributed by atoms with E-state index in [-0.39, 0.29) is 22.9 Å². The normalized spacial score (nSPS) is 11.7. The van der Waals surface area contributed by atoms with Crippen molar-refractivity contribution in [1.82, 2.24) is 0 Å². The molecular formula is C12H14N4O3. The highest BCUT2D eigenvalue weighted by Crippen LogP contribution is 2.26. The van der Waals surface area contributed by atoms with Gasteiger partial charge >= 0.3 is 0 Å². The van der Waals surface area contributed by atoms with Crippen LogP contribution in [0.2, 0.25) is 0 Å². The Morgan fingerprint density at radius 2 is 2.16 bits per heavy atom. The Hall–Kier alpha value is -2.62. The first kappa shape index (κ1) is 14.4. The first-order valence-corrected chi connectivity index (χ1v) is 5.61. The molecule has 0 heterocycles. The number of nitriles is 1. The molecule has 1 rings (SSSR count). The van der Waals surface area contributed by atoms with Gasteiger partial charge in [-0.1, -0.05) is 13.8 Å². The van der Waals surface area contributed by atoms with Crippen LogP contribution in [0.15, 0.2) is 18.2 Å². The number of hydrogen-bond acceptors (Lipinski definition) is 5. The summed E-state index contributed by atoms with van der Waals surface area (Å²) in [5.41, 5.74) is 5.33. The number of nitrogens with one attached hydrogen (secondary N) is 1. The summed E-state index contributed by atoms with van der Waals surface area (Å²) < 4.78 is 0. The number of rotatable bonds is 5. The van der Waals surface area contributed by atoms with Crippen molar-refractivity contribution in [1.29, 1.82) is 5.26 Å². The summed E-state index contributed by atoms with van der Waals surface area (Å²) in [4.78, 5) is 21.6. The average Bonchev–Trinajstić information content (AvgIpc) is 2.34. The molecule has 1 aromatic rings. The monoisotopic (exact) mass is 262 g/mol. The number of primary amides is 1. The number of nitro groups is 1. The minimum atomic E-state index is -0.716. The lowest BCUT2D eigenvalue weighted by Gasteiger charge is -2.20. The topological polar surface area (TPSA) is 122 Å². The molecule has 1 aromatic carbocycles. The zero-order valence-electron chi connectivity index (χ0n) is 10.6. The second-order valence-corrected chi connectivity index (χ2v) is 4.37. The molecule has 0 saturated carbocycles. The van der Waals surface area contributed by atoms with Crippen LogP contribution < -0.4 is 11.1 Å². The Morgan fingerprint density at radius 1 is 1.53 bits per heavy atom. The minimum Gasteiger partial charge on any atom is -0.368 e. The summed E-state index contributed by atoms with van der Waals surface area (Å²) in [6.07, 6.45) is 0. The maximum Gasteiger partial charge on any atom is 0.293 e. The van der Waals surface area contributed by atoms with E-state index in [0.717, 1.165) is 6.07 Å². The van der Waals surface area contributed by atoms with Crippen molar-refractivity contribution in [3.05, 3.63) is 33.9 Å². The molecule has 7 heteroatoms. The summed E-state index contributed by atoms with van der Waals surface area (Å²) in [7, 11) is 0. The van der Waals surface area contributed by atoms with Crippen LogP contribution in [0.3, 0.4) is 0 Å². The Kier molecular flexibility index (Phi) is 4.42. The van der Waals surface area contributed by atoms with Crippen LogP contribution in [0.5, 0.6) is 0 Å². The Balaban J connectivity index is 3.17. The molecule has 0 aliphatic heterocycles. The molecule has 0 saturated heterocycles. The lowest BCUT2D eigenvalue weighted by Crippen LogP contribution is -2.39. The van der Waals surface area contributed by atoms with Crippen LogP contribution in [-0.2, 0) is 4.79 Å². The van der Waals surface area contributed by atoms with Crippen LogP contribution in [0, 0.1) is 27.4 Å². The van der Waals surface area contributed by atoms with Gasteiger partial charge in [0, 0.05) is 6.07 Å². The largest absolute Gasteiger partial charge is 0.368 e. The minimum absolute atomic E-state index is 0.118. The zero-order valence-corrected chi connectivity index (χ0v) is 10.6. The molecule has 1 unspecified atom stereocenters. The quantitative estimate of drug-likeness (QED) is 0.613. The van der Waals surface area contributed by atoms with Gasteiger partial charge in [0.05, 0.1) is 16.6 Å². The number of nitro benzene ring substituents is 1. The molecule has 0 spiro atoms. The van der Waals surface area contributed by atoms with Gasteiger partial charge in [-0.3, -0.25) is 14.9 Å². The van der Waals surface area contributed by atoms with Crippen LogP contribution in [0.25, 0.3) is 0 Å². The predicted molar refractivity (Wildman–Crippen MR) is 69.3 cm³/mol. The number of nitrogens with two attached hydrogens (primary N) is 1. The number of hydrogen-bond donors (Lipinski definition) is 2. The molecule has 0 radical (unpaired) electrons. The summed E-state index contributed by atoms with van der Waals surface area (Å²) in [6.45, 7) is 3.55. The molecule has 0 aliphatic carbocycles. The first-order chi connectivity index (χ1) is 8.86. The van der Waals surface area contributed by atoms with Crippen LogP contribution in [-0.4, -0.2) is 16.9 Å². The molecule has 0 aromatic heterocycles. The van der Waals surface area contributed by atoms with E-state index >= 15 is 0 Å². The van der Waals surface area contributed by atoms with Crippen molar-refractivity contribution in [3.8, 4) is 6.07 Å². The fraction of sp³-hybridized carbons (Fsp3) is 0.333. The van der Waals surface area contributed by atoms with Crippen molar-refractivity contribution < 1.29 is 9.72 Å². The third-order valence-corrected chi connectivity index (χ3v) is 2.61. The zero-order chi connectivity index (χ0) is 14.6. The number of carbonyl (C=O) groups is 1. The van der Waals surface area contributed by atoms with Gasteiger partial charge in [-0.15, -0.1) is 0 Å². The number of nitrogens with zero attached hydrogens (tertiary/aromatic N) is 2. The van der Waals surface area contributed by atoms with Gasteiger partial charge in [-0.05, 0) is 18.1 Å². The molecule has 7 nitrogen and oxygen atoms in total. The van der Waals surface area contributed by atoms with Gasteiger partial charge in [0.2, 0.25) is 5.91 Å². The fourth-order valence-electron chi connectivity index (χ4n) is 1.61. The fourth-order valence-corrected chi connectivity index (χ4v) is 1.61. The van der Waals surface area contributed by atoms with E-state index in [2.05, 4.69) is 5.32 Å². The SMILES string of the molecule is CC(C)C(Nc1ccc(C#N)cc1[N+](=O)[O-])C(N)=O. The maximum absolute atomic E-state index is 11.3. The van der Waals surface area contributed by atoms with E-state index < -0.39 is 16.9 Å². The van der Waals surface area contributed by atoms with Gasteiger partial charge in [-0.25, -0.2) is 0 Å². The first-order valence-electron chi connectivity index (χ1n) is 5.61. The van der Waals surface area contributed by atoms with E-state index in [1.807, 2.05) is 6.07 Å². The number of amides is 1. The van der Waals surface area contributed by atoms with Crippen molar-refractivity contribution in [2.45, 2.75) is 19.9 Å². The van der Waals surface area contributed by atoms with Crippen molar-refractivity contribution in [2.75, 3.05) is 5.32 Å². The van der Waals surface area contributed by atoms with E-state index in [4.69, 9.17) is 11.0 Å². The summed E-state index contributed by atoms with van der Waals surface area (Å²) in [5, 5.41) is 22.4. The van der Waals surface area contributed by atoms with Crippen LogP contribution in [0.4, 0.5) is 11.4 Å². The van der Waals surface area contributed by atoms with E-state index in [9.17, 15) is 14.9 Å². The summed E-state index contributed by atoms with van der Waals surface area (Å²) >= 11 is 0. The van der Waals surface area contributed by atoms with Gasteiger partial charge in [0.25, 0.3) is 5.69 Å². The van der Waals surface area contributed by atoms with Gasteiger partial charge < -0.3 is 11.1 Å². The molecule has 0 bridgehead atoms. The van der Waals surface area contributed by atoms with Crippen molar-refractivity contribution >= 4 is 17.3 Å². The smallest absolute Gasteiger partial charge is 0.293 e. The van der Waals surface area contributed by atoms with Crippen molar-refractivity contribution in [2.24, 2.45) is 11.7 Å². The Labute approximate surface area is 110 Å². The van der Waals surface area contributed by atoms with Gasteiger partial charge in [0.1, 0.15) is 11.7 Å². The van der Waals surface area contributed by atoms with Crippen LogP contribution in [0.1, 0.15) is 19.4 Å². The molecule has 19 heavy (non-hydrogen) atoms. The second kappa shape index (κ2) is 5.82. The highest BCUT2D eigenvalue weighted by molar-refractivity contribution is 5.84. The standard InChI is InChI=1S/C12H14N4O3/c1-7(2)11(12(14)17)15-9-4-3-8(6-13)5-10(9)16(18)19/h3-5,7,11,15H,1-2H3,(H2,14,17). The molecular weight excluding hydrogens is 248 g/mol. The molecule has 3 N–H and O–H groups in total. The number of anilines is 1. The van der Waals surface area contributed by atoms with E-state index in [1.165, 1.54) is 12.1 Å². The highest BCUT2D eigenvalue weighted by atomic mass is 16.6. The van der Waals surface area contributed by atoms with Crippen molar-refractivity contribution in [3.63, 3.8) is 0 Å². The summed E-state index contributed by atoms with van der Waals surface area (Å²) in [6, 6.07) is 5.10. The van der Waals surface area contributed by atoms with E-state index in [1.54, 1.807) is 13.8 Å². The van der Waals surface area contributed by atoms with Gasteiger partial charge in [0.15, 0.2) is 0 Å². The highest BCUT2D eigenvalue weighted by Gasteiger charge is 2.23. The molecule has 0 fully saturated rings. The maximum atomic E-state index is 11.3. The molecule has 0 aliphatic rings. The third kappa shape index (κ3) is 3.42. The lowest BCUT2D eigenvalue weighted by atomic mass is 10.0. The number of carbonyl (C=O) groups excluding carboxylic acids is 1. The Bertz CT molecular complexity index is 548. The molecule has 100 valence electrons. The van der Waals surface area contributed by atoms with Gasteiger partial charge in [-0.2, -0.15) is 5.26 Å². The summed E-state index contributed by atoms with van der Waals surface area (Å²) in [5.74, 6) is -0.707. The third-order valence-electron chi connectivity index (χ3n) is 2.61. The Morgan fingerprint density at radius 3 is 2.58 bits per heavy atom. The predicted octanol–water partition coefficient (Wildman–Crippen LogP) is 1.39. The lowest BCUT2D eigenvalue weighted by molar-refractivity contribution is -0.384. The average molecular weight is 262 g/mol. The van der Waals surface area contributed by atoms with Crippen LogP contribution >= 0.6 is 0 Å². The number of benzene rings is 1. The second-order valence-electron chi connectivity index (χ2n) is 4.37.